The predicted molar refractivity (Wildman–Crippen MR) is 117 cm³/mol. The highest BCUT2D eigenvalue weighted by Gasteiger charge is 2.40. The molecule has 1 aromatic rings. The number of hydrogen-bond donors (Lipinski definition) is 0. The van der Waals surface area contributed by atoms with Crippen LogP contribution >= 0.6 is 0 Å². The molecule has 2 rings (SSSR count). The molecular formula is C11H13N13O16. The van der Waals surface area contributed by atoms with E-state index in [0.717, 1.165) is 7.05 Å². The maximum Gasteiger partial charge on any atom is 0.312 e. The van der Waals surface area contributed by atoms with E-state index in [2.05, 4.69) is 0 Å². The molecule has 0 N–H and O–H groups in total. The molecule has 29 nitrogen and oxygen atoms in total. The van der Waals surface area contributed by atoms with Gasteiger partial charge in [-0.3, -0.25) is 30.3 Å². The first-order chi connectivity index (χ1) is 18.4. The Kier molecular flexibility index (Phi) is 9.90. The molecule has 1 fully saturated rings. The van der Waals surface area contributed by atoms with E-state index in [1.165, 1.54) is 0 Å². The molecule has 1 aromatic carbocycles. The zero-order valence-electron chi connectivity index (χ0n) is 19.3. The van der Waals surface area contributed by atoms with Crippen LogP contribution in [-0.4, -0.2) is 93.7 Å². The fourth-order valence-corrected chi connectivity index (χ4v) is 2.73. The van der Waals surface area contributed by atoms with Crippen molar-refractivity contribution in [1.82, 2.24) is 20.0 Å². The molecule has 0 bridgehead atoms. The van der Waals surface area contributed by atoms with Gasteiger partial charge in [0, 0.05) is 0 Å². The minimum Gasteiger partial charge on any atom is -0.258 e. The molecule has 0 spiro atoms. The van der Waals surface area contributed by atoms with Crippen molar-refractivity contribution in [3.05, 3.63) is 93.0 Å². The summed E-state index contributed by atoms with van der Waals surface area (Å²) in [6.45, 7) is -3.80. The van der Waals surface area contributed by atoms with Crippen LogP contribution in [0, 0.1) is 80.9 Å². The molecule has 0 saturated carbocycles. The van der Waals surface area contributed by atoms with Crippen LogP contribution < -0.4 is 5.01 Å². The summed E-state index contributed by atoms with van der Waals surface area (Å²) in [5.74, 6) is 0. The van der Waals surface area contributed by atoms with Gasteiger partial charge < -0.3 is 0 Å². The Bertz CT molecular complexity index is 1130. The van der Waals surface area contributed by atoms with E-state index in [1.807, 2.05) is 0 Å². The Hall–Kier alpha value is -6.58. The SMILES string of the molecule is CN(c1c([N+](=O)[O-])cc([N+](=O)[O-])cc1[N+](=O)[O-])[N+](=O)[O-].O=[N+]([O-])N1CN([N+](=O)[O-])CN([N+](=O)[O-])CN([N+](=O)[O-])C1. The quantitative estimate of drug-likeness (QED) is 0.244. The van der Waals surface area contributed by atoms with E-state index in [4.69, 9.17) is 0 Å². The average Bonchev–Trinajstić information content (AvgIpc) is 2.81. The van der Waals surface area contributed by atoms with E-state index < -0.39 is 89.4 Å². The molecule has 0 atom stereocenters. The molecule has 1 aliphatic heterocycles. The third kappa shape index (κ3) is 7.71. The van der Waals surface area contributed by atoms with Gasteiger partial charge >= 0.3 is 11.4 Å². The summed E-state index contributed by atoms with van der Waals surface area (Å²) in [6.07, 6.45) is 0. The second-order valence-electron chi connectivity index (χ2n) is 6.91. The van der Waals surface area contributed by atoms with Crippen LogP contribution in [0.25, 0.3) is 0 Å². The lowest BCUT2D eigenvalue weighted by Crippen LogP contribution is -2.59. The summed E-state index contributed by atoms with van der Waals surface area (Å²) in [4.78, 5) is 82.0. The molecule has 0 radical (unpaired) electrons. The number of nitro benzene ring substituents is 3. The molecule has 0 unspecified atom stereocenters. The van der Waals surface area contributed by atoms with Crippen LogP contribution in [0.1, 0.15) is 0 Å². The Morgan fingerprint density at radius 2 is 0.825 bits per heavy atom. The number of hydrazine groups is 5. The summed E-state index contributed by atoms with van der Waals surface area (Å²) in [5.41, 5.74) is -4.07. The lowest BCUT2D eigenvalue weighted by Gasteiger charge is -2.27. The first-order valence-electron chi connectivity index (χ1n) is 9.45. The standard InChI is InChI=1S/C7H5N5O8.C4H8N8O8/c1-8(12(19)20)7-5(10(15)16)2-4(9(13)14)3-6(7)11(17)18;13-9(14)5-1-6(10(15)16)3-8(12(19)20)4-7(2-5)11(17)18/h2-3H,1H3;1-4H2. The maximum absolute atomic E-state index is 10.8. The lowest BCUT2D eigenvalue weighted by molar-refractivity contribution is -0.775. The van der Waals surface area contributed by atoms with Crippen molar-refractivity contribution in [2.75, 3.05) is 38.7 Å². The number of non-ortho nitro benzene ring substituents is 1. The molecule has 40 heavy (non-hydrogen) atoms. The molecule has 218 valence electrons. The number of anilines is 1. The van der Waals surface area contributed by atoms with E-state index >= 15 is 0 Å². The Morgan fingerprint density at radius 3 is 1.00 bits per heavy atom. The van der Waals surface area contributed by atoms with Crippen molar-refractivity contribution >= 4 is 22.7 Å². The molecule has 29 heteroatoms. The Balaban J connectivity index is 0.000000400. The first-order valence-corrected chi connectivity index (χ1v) is 9.45. The second kappa shape index (κ2) is 12.6. The minimum atomic E-state index is -1.17. The smallest absolute Gasteiger partial charge is 0.258 e. The van der Waals surface area contributed by atoms with Gasteiger partial charge in [0.15, 0.2) is 25.2 Å². The molecule has 0 aromatic heterocycles. The summed E-state index contributed by atoms with van der Waals surface area (Å²) in [5, 5.41) is 80.9. The van der Waals surface area contributed by atoms with Gasteiger partial charge in [-0.05, 0) is 0 Å². The van der Waals surface area contributed by atoms with Gasteiger partial charge in [0.05, 0.1) is 34.0 Å². The predicted octanol–water partition coefficient (Wildman–Crippen LogP) is -1.16. The zero-order valence-corrected chi connectivity index (χ0v) is 19.3. The summed E-state index contributed by atoms with van der Waals surface area (Å²) in [7, 11) is 0.751. The van der Waals surface area contributed by atoms with Gasteiger partial charge in [-0.2, -0.15) is 0 Å². The summed E-state index contributed by atoms with van der Waals surface area (Å²) < 4.78 is 0. The van der Waals surface area contributed by atoms with Crippen molar-refractivity contribution in [3.8, 4) is 0 Å². The van der Waals surface area contributed by atoms with Gasteiger partial charge in [-0.15, -0.1) is 0 Å². The van der Waals surface area contributed by atoms with Crippen molar-refractivity contribution < 1.29 is 39.9 Å². The van der Waals surface area contributed by atoms with Crippen LogP contribution in [0.5, 0.6) is 0 Å². The maximum atomic E-state index is 10.8. The van der Waals surface area contributed by atoms with Crippen molar-refractivity contribution in [2.45, 2.75) is 0 Å². The third-order valence-corrected chi connectivity index (χ3v) is 4.46. The van der Waals surface area contributed by atoms with Crippen molar-refractivity contribution in [2.24, 2.45) is 0 Å². The molecule has 0 amide bonds. The molecule has 0 aliphatic carbocycles. The van der Waals surface area contributed by atoms with Crippen LogP contribution in [0.15, 0.2) is 12.1 Å². The molecule has 1 aliphatic rings. The molecular weight excluding hydrogens is 570 g/mol. The van der Waals surface area contributed by atoms with Gasteiger partial charge in [0.1, 0.15) is 0 Å². The zero-order chi connectivity index (χ0) is 31.1. The number of hydrogen-bond acceptors (Lipinski definition) is 16. The van der Waals surface area contributed by atoms with E-state index in [9.17, 15) is 80.9 Å². The first kappa shape index (κ1) is 31.4. The number of benzene rings is 1. The normalized spacial score (nSPS) is 13.1. The van der Waals surface area contributed by atoms with Crippen LogP contribution in [0.4, 0.5) is 22.7 Å². The fraction of sp³-hybridized carbons (Fsp3) is 0.455. The average molecular weight is 583 g/mol. The Morgan fingerprint density at radius 1 is 0.550 bits per heavy atom. The monoisotopic (exact) mass is 583 g/mol. The lowest BCUT2D eigenvalue weighted by atomic mass is 10.2. The van der Waals surface area contributed by atoms with Crippen LogP contribution in [0.2, 0.25) is 0 Å². The van der Waals surface area contributed by atoms with Crippen molar-refractivity contribution in [3.63, 3.8) is 0 Å². The van der Waals surface area contributed by atoms with Gasteiger partial charge in [0.2, 0.25) is 26.7 Å². The number of rotatable bonds is 9. The van der Waals surface area contributed by atoms with E-state index in [1.54, 1.807) is 0 Å². The fourth-order valence-electron chi connectivity index (χ4n) is 2.73. The number of nitrogens with zero attached hydrogens (tertiary/aromatic N) is 13. The second-order valence-corrected chi connectivity index (χ2v) is 6.91. The third-order valence-electron chi connectivity index (χ3n) is 4.46. The van der Waals surface area contributed by atoms with Gasteiger partial charge in [-0.25, -0.2) is 50.6 Å². The van der Waals surface area contributed by atoms with Crippen LogP contribution in [0.3, 0.4) is 0 Å². The molecule has 1 heterocycles. The minimum absolute atomic E-state index is 0.0555. The van der Waals surface area contributed by atoms with Gasteiger partial charge in [-0.1, -0.05) is 25.0 Å². The largest absolute Gasteiger partial charge is 0.312 e. The van der Waals surface area contributed by atoms with E-state index in [-0.39, 0.29) is 25.0 Å². The highest BCUT2D eigenvalue weighted by molar-refractivity contribution is 5.76. The topological polar surface area (TPSA) is 361 Å². The van der Waals surface area contributed by atoms with Gasteiger partial charge in [0.25, 0.3) is 11.4 Å². The Labute approximate surface area is 215 Å². The summed E-state index contributed by atoms with van der Waals surface area (Å²) in [6, 6.07) is 0.838. The summed E-state index contributed by atoms with van der Waals surface area (Å²) >= 11 is 0. The van der Waals surface area contributed by atoms with E-state index in [0.29, 0.717) is 12.1 Å². The van der Waals surface area contributed by atoms with Crippen molar-refractivity contribution in [1.29, 1.82) is 0 Å². The van der Waals surface area contributed by atoms with Crippen LogP contribution in [-0.2, 0) is 0 Å². The highest BCUT2D eigenvalue weighted by Crippen LogP contribution is 2.40. The number of nitro groups is 8. The molecule has 1 saturated heterocycles. The highest BCUT2D eigenvalue weighted by atomic mass is 16.7.